The predicted molar refractivity (Wildman–Crippen MR) is 59.8 cm³/mol. The van der Waals surface area contributed by atoms with E-state index in [1.807, 2.05) is 13.8 Å². The van der Waals surface area contributed by atoms with Gasteiger partial charge in [-0.25, -0.2) is 4.98 Å². The summed E-state index contributed by atoms with van der Waals surface area (Å²) < 4.78 is 0.659. The van der Waals surface area contributed by atoms with Gasteiger partial charge in [-0.05, 0) is 20.3 Å². The first-order chi connectivity index (χ1) is 6.45. The number of aromatic nitrogens is 1. The van der Waals surface area contributed by atoms with Crippen LogP contribution >= 0.6 is 22.9 Å². The van der Waals surface area contributed by atoms with E-state index in [0.717, 1.165) is 5.01 Å². The lowest BCUT2D eigenvalue weighted by atomic mass is 9.86. The molecular weight excluding hydrogens is 220 g/mol. The first-order valence-electron chi connectivity index (χ1n) is 4.46. The zero-order chi connectivity index (χ0) is 10.8. The number of aliphatic hydroxyl groups is 1. The number of hydrogen-bond donors (Lipinski definition) is 2. The van der Waals surface area contributed by atoms with Crippen molar-refractivity contribution in [3.05, 3.63) is 15.5 Å². The Hall–Kier alpha value is -0.160. The molecule has 5 heteroatoms. The van der Waals surface area contributed by atoms with Crippen LogP contribution in [-0.2, 0) is 0 Å². The predicted octanol–water partition coefficient (Wildman–Crippen LogP) is 2.00. The third kappa shape index (κ3) is 2.92. The lowest BCUT2D eigenvalue weighted by Crippen LogP contribution is -2.39. The largest absolute Gasteiger partial charge is 0.396 e. The Bertz CT molecular complexity index is 295. The normalized spacial score (nSPS) is 14.4. The summed E-state index contributed by atoms with van der Waals surface area (Å²) in [5.41, 5.74) is 5.63. The molecule has 1 aromatic heterocycles. The van der Waals surface area contributed by atoms with E-state index < -0.39 is 0 Å². The zero-order valence-corrected chi connectivity index (χ0v) is 9.90. The van der Waals surface area contributed by atoms with Crippen molar-refractivity contribution < 1.29 is 5.11 Å². The van der Waals surface area contributed by atoms with Crippen molar-refractivity contribution in [2.75, 3.05) is 6.61 Å². The third-order valence-electron chi connectivity index (χ3n) is 2.11. The molecule has 1 unspecified atom stereocenters. The van der Waals surface area contributed by atoms with Crippen molar-refractivity contribution in [2.24, 2.45) is 5.73 Å². The van der Waals surface area contributed by atoms with Crippen LogP contribution < -0.4 is 5.73 Å². The fourth-order valence-corrected chi connectivity index (χ4v) is 2.63. The lowest BCUT2D eigenvalue weighted by molar-refractivity contribution is 0.250. The van der Waals surface area contributed by atoms with E-state index in [1.165, 1.54) is 11.3 Å². The summed E-state index contributed by atoms with van der Waals surface area (Å²) >= 11 is 7.23. The molecule has 0 fully saturated rings. The average molecular weight is 235 g/mol. The molecule has 0 radical (unpaired) electrons. The minimum Gasteiger partial charge on any atom is -0.396 e. The van der Waals surface area contributed by atoms with Crippen molar-refractivity contribution in [1.29, 1.82) is 0 Å². The van der Waals surface area contributed by atoms with Gasteiger partial charge in [0.1, 0.15) is 4.34 Å². The average Bonchev–Trinajstić information content (AvgIpc) is 2.45. The molecule has 1 rings (SSSR count). The van der Waals surface area contributed by atoms with Gasteiger partial charge >= 0.3 is 0 Å². The standard InChI is InChI=1S/C9H15ClN2OS/c1-9(2,11)6(3-4-13)8-12-5-7(10)14-8/h5-6,13H,3-4,11H2,1-2H3. The minimum atomic E-state index is -0.385. The fraction of sp³-hybridized carbons (Fsp3) is 0.667. The molecule has 14 heavy (non-hydrogen) atoms. The molecule has 0 aromatic carbocycles. The molecule has 0 aliphatic rings. The first-order valence-corrected chi connectivity index (χ1v) is 5.65. The van der Waals surface area contributed by atoms with Crippen molar-refractivity contribution >= 4 is 22.9 Å². The molecule has 0 saturated carbocycles. The highest BCUT2D eigenvalue weighted by atomic mass is 35.5. The molecule has 0 aliphatic heterocycles. The molecule has 0 saturated heterocycles. The fourth-order valence-electron chi connectivity index (χ4n) is 1.37. The van der Waals surface area contributed by atoms with Gasteiger partial charge in [0.15, 0.2) is 0 Å². The van der Waals surface area contributed by atoms with Gasteiger partial charge in [0.25, 0.3) is 0 Å². The van der Waals surface area contributed by atoms with E-state index >= 15 is 0 Å². The maximum absolute atomic E-state index is 8.96. The van der Waals surface area contributed by atoms with E-state index in [2.05, 4.69) is 4.98 Å². The number of nitrogens with zero attached hydrogens (tertiary/aromatic N) is 1. The molecule has 1 heterocycles. The van der Waals surface area contributed by atoms with Gasteiger partial charge in [-0.2, -0.15) is 0 Å². The van der Waals surface area contributed by atoms with E-state index in [1.54, 1.807) is 6.20 Å². The molecule has 80 valence electrons. The summed E-state index contributed by atoms with van der Waals surface area (Å²) in [5, 5.41) is 9.86. The summed E-state index contributed by atoms with van der Waals surface area (Å²) in [6.45, 7) is 3.98. The van der Waals surface area contributed by atoms with Gasteiger partial charge in [0.2, 0.25) is 0 Å². The Morgan fingerprint density at radius 2 is 2.36 bits per heavy atom. The summed E-state index contributed by atoms with van der Waals surface area (Å²) in [6, 6.07) is 0. The van der Waals surface area contributed by atoms with Crippen LogP contribution in [0.4, 0.5) is 0 Å². The molecule has 0 amide bonds. The van der Waals surface area contributed by atoms with Crippen LogP contribution in [0.3, 0.4) is 0 Å². The van der Waals surface area contributed by atoms with Crippen LogP contribution in [0.5, 0.6) is 0 Å². The number of aliphatic hydroxyl groups excluding tert-OH is 1. The molecule has 0 bridgehead atoms. The van der Waals surface area contributed by atoms with Crippen LogP contribution in [0.1, 0.15) is 31.2 Å². The Balaban J connectivity index is 2.88. The Kier molecular flexibility index (Phi) is 3.89. The van der Waals surface area contributed by atoms with Gasteiger partial charge < -0.3 is 10.8 Å². The van der Waals surface area contributed by atoms with Gasteiger partial charge in [-0.3, -0.25) is 0 Å². The lowest BCUT2D eigenvalue weighted by Gasteiger charge is -2.28. The Morgan fingerprint density at radius 3 is 2.71 bits per heavy atom. The molecule has 3 nitrogen and oxygen atoms in total. The van der Waals surface area contributed by atoms with E-state index in [0.29, 0.717) is 10.8 Å². The van der Waals surface area contributed by atoms with Crippen molar-refractivity contribution in [2.45, 2.75) is 31.7 Å². The summed E-state index contributed by atoms with van der Waals surface area (Å²) in [6.07, 6.45) is 2.24. The third-order valence-corrected chi connectivity index (χ3v) is 3.34. The number of rotatable bonds is 4. The molecule has 1 aromatic rings. The van der Waals surface area contributed by atoms with Crippen molar-refractivity contribution in [1.82, 2.24) is 4.98 Å². The van der Waals surface area contributed by atoms with Gasteiger partial charge in [-0.1, -0.05) is 11.6 Å². The van der Waals surface area contributed by atoms with E-state index in [9.17, 15) is 0 Å². The maximum Gasteiger partial charge on any atom is 0.113 e. The monoisotopic (exact) mass is 234 g/mol. The highest BCUT2D eigenvalue weighted by molar-refractivity contribution is 7.15. The van der Waals surface area contributed by atoms with Crippen LogP contribution in [-0.4, -0.2) is 22.2 Å². The van der Waals surface area contributed by atoms with Crippen molar-refractivity contribution in [3.8, 4) is 0 Å². The summed E-state index contributed by atoms with van der Waals surface area (Å²) in [7, 11) is 0. The zero-order valence-electron chi connectivity index (χ0n) is 8.33. The minimum absolute atomic E-state index is 0.0602. The first kappa shape index (κ1) is 11.9. The van der Waals surface area contributed by atoms with Crippen LogP contribution in [0.2, 0.25) is 4.34 Å². The van der Waals surface area contributed by atoms with E-state index in [4.69, 9.17) is 22.4 Å². The van der Waals surface area contributed by atoms with Crippen LogP contribution in [0.15, 0.2) is 6.20 Å². The topological polar surface area (TPSA) is 59.1 Å². The second kappa shape index (κ2) is 4.57. The molecule has 1 atom stereocenters. The highest BCUT2D eigenvalue weighted by Crippen LogP contribution is 2.33. The van der Waals surface area contributed by atoms with Crippen LogP contribution in [0, 0.1) is 0 Å². The highest BCUT2D eigenvalue weighted by Gasteiger charge is 2.28. The van der Waals surface area contributed by atoms with Gasteiger partial charge in [-0.15, -0.1) is 11.3 Å². The quantitative estimate of drug-likeness (QED) is 0.838. The number of thiazole rings is 1. The number of halogens is 1. The Morgan fingerprint density at radius 1 is 1.71 bits per heavy atom. The smallest absolute Gasteiger partial charge is 0.113 e. The van der Waals surface area contributed by atoms with Crippen LogP contribution in [0.25, 0.3) is 0 Å². The van der Waals surface area contributed by atoms with Gasteiger partial charge in [0, 0.05) is 18.1 Å². The second-order valence-corrected chi connectivity index (χ2v) is 5.58. The maximum atomic E-state index is 8.96. The van der Waals surface area contributed by atoms with E-state index in [-0.39, 0.29) is 18.1 Å². The molecule has 3 N–H and O–H groups in total. The van der Waals surface area contributed by atoms with Gasteiger partial charge in [0.05, 0.1) is 11.2 Å². The summed E-state index contributed by atoms with van der Waals surface area (Å²) in [4.78, 5) is 4.20. The van der Waals surface area contributed by atoms with Crippen molar-refractivity contribution in [3.63, 3.8) is 0 Å². The molecule has 0 aliphatic carbocycles. The summed E-state index contributed by atoms with van der Waals surface area (Å²) in [5.74, 6) is 0.0602. The number of hydrogen-bond acceptors (Lipinski definition) is 4. The Labute approximate surface area is 92.9 Å². The molecular formula is C9H15ClN2OS. The molecule has 0 spiro atoms. The SMILES string of the molecule is CC(C)(N)C(CCO)c1ncc(Cl)s1. The second-order valence-electron chi connectivity index (χ2n) is 3.89. The number of nitrogens with two attached hydrogens (primary N) is 1.